The number of fused-ring (bicyclic) bond motifs is 6. The predicted molar refractivity (Wildman–Crippen MR) is 248 cm³/mol. The van der Waals surface area contributed by atoms with Crippen molar-refractivity contribution in [2.45, 2.75) is 6.54 Å². The van der Waals surface area contributed by atoms with Crippen LogP contribution in [0.4, 0.5) is 0 Å². The van der Waals surface area contributed by atoms with Gasteiger partial charge in [-0.3, -0.25) is 4.99 Å². The Morgan fingerprint density at radius 3 is 1.84 bits per heavy atom. The molecule has 0 unspecified atom stereocenters. The summed E-state index contributed by atoms with van der Waals surface area (Å²) in [6.45, 7) is -0.00398. The standard InChI is InChI=1S/C51H36N4O6S/c52-50(29-13-5-2-6-14-29)54-51(32-16-9-15-30(23-32)28-11-3-1-4-12-28)53-27-33-22-21-31(34-18-10-19-36-35-17-7-8-20-42(35)62-49(34)36)24-37(33)55-45-38(56)25-40(58)47(60)43(45)44-46(55)39(57)26-41(59)48(44)61/h1-26,56-61H,27H2,(H2,52,53,54). The summed E-state index contributed by atoms with van der Waals surface area (Å²) in [4.78, 5) is 10.0. The first-order valence-corrected chi connectivity index (χ1v) is 20.5. The van der Waals surface area contributed by atoms with Gasteiger partial charge in [0.25, 0.3) is 0 Å². The van der Waals surface area contributed by atoms with Crippen molar-refractivity contribution >= 4 is 65.0 Å². The van der Waals surface area contributed by atoms with E-state index in [0.717, 1.165) is 54.6 Å². The summed E-state index contributed by atoms with van der Waals surface area (Å²) in [5, 5.41) is 69.1. The predicted octanol–water partition coefficient (Wildman–Crippen LogP) is 11.1. The highest BCUT2D eigenvalue weighted by molar-refractivity contribution is 7.26. The van der Waals surface area contributed by atoms with E-state index in [0.29, 0.717) is 28.2 Å². The summed E-state index contributed by atoms with van der Waals surface area (Å²) >= 11 is 1.67. The van der Waals surface area contributed by atoms with Crippen LogP contribution in [0.2, 0.25) is 0 Å². The van der Waals surface area contributed by atoms with Crippen molar-refractivity contribution in [3.63, 3.8) is 0 Å². The fourth-order valence-corrected chi connectivity index (χ4v) is 9.44. The summed E-state index contributed by atoms with van der Waals surface area (Å²) in [5.74, 6) is -3.00. The molecule has 0 atom stereocenters. The summed E-state index contributed by atoms with van der Waals surface area (Å²) in [5.41, 5.74) is 12.6. The van der Waals surface area contributed by atoms with E-state index in [4.69, 9.17) is 15.7 Å². The zero-order valence-corrected chi connectivity index (χ0v) is 33.5. The van der Waals surface area contributed by atoms with E-state index in [9.17, 15) is 30.6 Å². The second-order valence-corrected chi connectivity index (χ2v) is 15.9. The number of aromatic hydroxyl groups is 6. The molecule has 10 rings (SSSR count). The number of phenols is 6. The highest BCUT2D eigenvalue weighted by atomic mass is 32.1. The average Bonchev–Trinajstić information content (AvgIpc) is 3.87. The number of nitrogens with zero attached hydrogens (tertiary/aromatic N) is 3. The van der Waals surface area contributed by atoms with Gasteiger partial charge in [0.15, 0.2) is 28.8 Å². The third kappa shape index (κ3) is 6.35. The topological polar surface area (TPSA) is 177 Å². The van der Waals surface area contributed by atoms with E-state index in [1.807, 2.05) is 127 Å². The number of nitrogens with two attached hydrogens (primary N) is 1. The number of amidine groups is 2. The normalized spacial score (nSPS) is 12.3. The zero-order valence-electron chi connectivity index (χ0n) is 32.7. The molecular formula is C51H36N4O6S. The van der Waals surface area contributed by atoms with Gasteiger partial charge in [0.1, 0.15) is 28.4 Å². The van der Waals surface area contributed by atoms with Gasteiger partial charge in [-0.15, -0.1) is 11.3 Å². The molecule has 0 fully saturated rings. The number of aliphatic imine (C=N–C) groups is 2. The molecule has 10 aromatic rings. The lowest BCUT2D eigenvalue weighted by Gasteiger charge is -2.17. The Morgan fingerprint density at radius 1 is 0.532 bits per heavy atom. The van der Waals surface area contributed by atoms with Crippen LogP contribution in [0.1, 0.15) is 16.7 Å². The number of thiophene rings is 1. The minimum Gasteiger partial charge on any atom is -0.506 e. The van der Waals surface area contributed by atoms with Crippen LogP contribution >= 0.6 is 11.3 Å². The lowest BCUT2D eigenvalue weighted by Crippen LogP contribution is -2.16. The number of hydrogen-bond donors (Lipinski definition) is 7. The van der Waals surface area contributed by atoms with E-state index >= 15 is 0 Å². The van der Waals surface area contributed by atoms with Crippen molar-refractivity contribution in [2.75, 3.05) is 0 Å². The first kappa shape index (κ1) is 38.0. The van der Waals surface area contributed by atoms with Gasteiger partial charge in [-0.2, -0.15) is 0 Å². The fourth-order valence-electron chi connectivity index (χ4n) is 8.20. The first-order valence-electron chi connectivity index (χ1n) is 19.7. The fraction of sp³-hybridized carbons (Fsp3) is 0.0196. The summed E-state index contributed by atoms with van der Waals surface area (Å²) in [6, 6.07) is 49.3. The lowest BCUT2D eigenvalue weighted by atomic mass is 9.99. The van der Waals surface area contributed by atoms with Gasteiger partial charge in [-0.05, 0) is 46.0 Å². The number of hydrogen-bond acceptors (Lipinski definition) is 8. The molecule has 10 nitrogen and oxygen atoms in total. The van der Waals surface area contributed by atoms with Crippen molar-refractivity contribution in [2.24, 2.45) is 15.7 Å². The van der Waals surface area contributed by atoms with E-state index in [1.54, 1.807) is 11.3 Å². The van der Waals surface area contributed by atoms with Crippen LogP contribution in [0.5, 0.6) is 34.5 Å². The molecule has 0 aliphatic rings. The van der Waals surface area contributed by atoms with Gasteiger partial charge >= 0.3 is 0 Å². The summed E-state index contributed by atoms with van der Waals surface area (Å²) in [6.07, 6.45) is 0. The van der Waals surface area contributed by atoms with Gasteiger partial charge in [0.2, 0.25) is 0 Å². The Hall–Kier alpha value is -8.28. The molecule has 0 aliphatic carbocycles. The molecule has 8 N–H and O–H groups in total. The largest absolute Gasteiger partial charge is 0.506 e. The maximum Gasteiger partial charge on any atom is 0.168 e. The minimum atomic E-state index is -0.668. The molecule has 2 heterocycles. The van der Waals surface area contributed by atoms with Gasteiger partial charge in [-0.25, -0.2) is 4.99 Å². The molecule has 0 radical (unpaired) electrons. The van der Waals surface area contributed by atoms with Crippen molar-refractivity contribution in [3.8, 4) is 62.4 Å². The van der Waals surface area contributed by atoms with Crippen LogP contribution in [-0.2, 0) is 6.54 Å². The van der Waals surface area contributed by atoms with Crippen LogP contribution in [-0.4, -0.2) is 46.9 Å². The van der Waals surface area contributed by atoms with Crippen LogP contribution in [0.3, 0.4) is 0 Å². The molecule has 0 saturated carbocycles. The molecule has 0 bridgehead atoms. The third-order valence-corrected chi connectivity index (χ3v) is 12.3. The maximum atomic E-state index is 11.6. The van der Waals surface area contributed by atoms with Gasteiger partial charge in [-0.1, -0.05) is 127 Å². The summed E-state index contributed by atoms with van der Waals surface area (Å²) in [7, 11) is 0. The minimum absolute atomic E-state index is 0.00398. The molecular weight excluding hydrogens is 797 g/mol. The molecule has 2 aromatic heterocycles. The summed E-state index contributed by atoms with van der Waals surface area (Å²) < 4.78 is 3.68. The second-order valence-electron chi connectivity index (χ2n) is 14.9. The molecule has 8 aromatic carbocycles. The monoisotopic (exact) mass is 832 g/mol. The second kappa shape index (κ2) is 15.1. The van der Waals surface area contributed by atoms with Gasteiger partial charge < -0.3 is 40.9 Å². The van der Waals surface area contributed by atoms with Crippen LogP contribution in [0.25, 0.3) is 69.9 Å². The molecule has 11 heteroatoms. The van der Waals surface area contributed by atoms with Crippen molar-refractivity contribution in [3.05, 3.63) is 174 Å². The average molecular weight is 833 g/mol. The van der Waals surface area contributed by atoms with Crippen molar-refractivity contribution in [1.82, 2.24) is 4.57 Å². The smallest absolute Gasteiger partial charge is 0.168 e. The quantitative estimate of drug-likeness (QED) is 0.0362. The van der Waals surface area contributed by atoms with Crippen LogP contribution in [0.15, 0.2) is 168 Å². The highest BCUT2D eigenvalue weighted by Gasteiger charge is 2.28. The first-order chi connectivity index (χ1) is 30.2. The Balaban J connectivity index is 1.24. The van der Waals surface area contributed by atoms with Crippen molar-refractivity contribution < 1.29 is 30.6 Å². The van der Waals surface area contributed by atoms with E-state index in [1.165, 1.54) is 4.57 Å². The van der Waals surface area contributed by atoms with Crippen molar-refractivity contribution in [1.29, 1.82) is 0 Å². The van der Waals surface area contributed by atoms with Gasteiger partial charge in [0, 0.05) is 43.4 Å². The Morgan fingerprint density at radius 2 is 1.13 bits per heavy atom. The van der Waals surface area contributed by atoms with Gasteiger partial charge in [0.05, 0.1) is 23.0 Å². The van der Waals surface area contributed by atoms with E-state index in [-0.39, 0.29) is 34.2 Å². The Kier molecular flexibility index (Phi) is 9.23. The van der Waals surface area contributed by atoms with E-state index < -0.39 is 34.5 Å². The SMILES string of the molecule is NC(=NC(=NCc1ccc(-c2cccc3c2sc2ccccc23)cc1-n1c2c(O)cc(O)c(O)c2c2c(O)c(O)cc(O)c21)c1cccc(-c2ccccc2)c1)c1ccccc1. The van der Waals surface area contributed by atoms with E-state index in [2.05, 4.69) is 18.2 Å². The lowest BCUT2D eigenvalue weighted by molar-refractivity contribution is 0.400. The number of benzene rings is 8. The molecule has 0 saturated heterocycles. The zero-order chi connectivity index (χ0) is 42.6. The molecule has 0 aliphatic heterocycles. The third-order valence-electron chi connectivity index (χ3n) is 11.1. The Labute approximate surface area is 357 Å². The maximum absolute atomic E-state index is 11.6. The highest BCUT2D eigenvalue weighted by Crippen LogP contribution is 2.53. The number of rotatable bonds is 7. The number of phenolic OH excluding ortho intramolecular Hbond substituents is 6. The molecule has 0 amide bonds. The van der Waals surface area contributed by atoms with Crippen LogP contribution < -0.4 is 5.73 Å². The molecule has 0 spiro atoms. The van der Waals surface area contributed by atoms with Crippen LogP contribution in [0, 0.1) is 0 Å². The number of aromatic nitrogens is 1. The molecule has 302 valence electrons. The Bertz CT molecular complexity index is 3400. The molecule has 62 heavy (non-hydrogen) atoms.